The Kier molecular flexibility index (Phi) is 3.29. The largest absolute Gasteiger partial charge is 0.498 e. The van der Waals surface area contributed by atoms with Crippen molar-refractivity contribution in [1.82, 2.24) is 9.78 Å². The van der Waals surface area contributed by atoms with Crippen molar-refractivity contribution in [3.8, 4) is 0 Å². The average molecular weight is 252 g/mol. The first kappa shape index (κ1) is 13.6. The van der Waals surface area contributed by atoms with Gasteiger partial charge in [0.25, 0.3) is 0 Å². The third-order valence-corrected chi connectivity index (χ3v) is 3.88. The summed E-state index contributed by atoms with van der Waals surface area (Å²) in [7, 11) is 3.18. The van der Waals surface area contributed by atoms with Gasteiger partial charge in [0.05, 0.1) is 23.5 Å². The molecule has 1 fully saturated rings. The zero-order valence-corrected chi connectivity index (χ0v) is 12.0. The molecule has 1 aromatic heterocycles. The van der Waals surface area contributed by atoms with Crippen molar-refractivity contribution in [2.75, 3.05) is 7.11 Å². The first-order valence-electron chi connectivity index (χ1n) is 6.14. The Morgan fingerprint density at radius 2 is 1.83 bits per heavy atom. The molecule has 0 atom stereocenters. The lowest BCUT2D eigenvalue weighted by atomic mass is 9.79. The number of aromatic nitrogens is 2. The first-order valence-corrected chi connectivity index (χ1v) is 6.14. The van der Waals surface area contributed by atoms with Gasteiger partial charge in [-0.2, -0.15) is 5.10 Å². The Hall–Kier alpha value is -0.845. The lowest BCUT2D eigenvalue weighted by Gasteiger charge is -2.32. The molecule has 1 aromatic rings. The van der Waals surface area contributed by atoms with Crippen LogP contribution in [0.3, 0.4) is 0 Å². The van der Waals surface area contributed by atoms with Crippen molar-refractivity contribution in [3.05, 3.63) is 11.9 Å². The van der Waals surface area contributed by atoms with E-state index in [4.69, 9.17) is 14.0 Å². The minimum atomic E-state index is -0.381. The molecule has 0 spiro atoms. The predicted molar refractivity (Wildman–Crippen MR) is 69.6 cm³/mol. The molecule has 0 radical (unpaired) electrons. The average Bonchev–Trinajstić information content (AvgIpc) is 2.68. The van der Waals surface area contributed by atoms with Gasteiger partial charge in [-0.15, -0.1) is 0 Å². The SMILES string of the molecule is COCc1c(B2OC(C)(C)C(C)(C)O2)cnn1C. The molecule has 5 nitrogen and oxygen atoms in total. The van der Waals surface area contributed by atoms with Crippen molar-refractivity contribution < 1.29 is 14.0 Å². The molecule has 100 valence electrons. The van der Waals surface area contributed by atoms with Gasteiger partial charge in [0.1, 0.15) is 0 Å². The van der Waals surface area contributed by atoms with Gasteiger partial charge >= 0.3 is 7.12 Å². The summed E-state index contributed by atoms with van der Waals surface area (Å²) < 4.78 is 19.0. The van der Waals surface area contributed by atoms with Gasteiger partial charge in [-0.25, -0.2) is 0 Å². The highest BCUT2D eigenvalue weighted by Crippen LogP contribution is 2.36. The van der Waals surface area contributed by atoms with E-state index in [0.29, 0.717) is 6.61 Å². The molecular formula is C12H21BN2O3. The summed E-state index contributed by atoms with van der Waals surface area (Å²) >= 11 is 0. The second-order valence-corrected chi connectivity index (χ2v) is 5.69. The van der Waals surface area contributed by atoms with Gasteiger partial charge in [0.15, 0.2) is 0 Å². The topological polar surface area (TPSA) is 45.5 Å². The number of ether oxygens (including phenoxy) is 1. The summed E-state index contributed by atoms with van der Waals surface area (Å²) in [5.41, 5.74) is 1.25. The van der Waals surface area contributed by atoms with Crippen LogP contribution >= 0.6 is 0 Å². The van der Waals surface area contributed by atoms with Crippen molar-refractivity contribution in [2.24, 2.45) is 7.05 Å². The molecule has 18 heavy (non-hydrogen) atoms. The van der Waals surface area contributed by atoms with Gasteiger partial charge in [-0.1, -0.05) is 0 Å². The molecule has 2 rings (SSSR count). The van der Waals surface area contributed by atoms with E-state index in [0.717, 1.165) is 11.2 Å². The molecule has 1 aliphatic rings. The van der Waals surface area contributed by atoms with E-state index in [9.17, 15) is 0 Å². The van der Waals surface area contributed by atoms with Crippen LogP contribution in [-0.2, 0) is 27.7 Å². The highest BCUT2D eigenvalue weighted by molar-refractivity contribution is 6.62. The highest BCUT2D eigenvalue weighted by atomic mass is 16.7. The second-order valence-electron chi connectivity index (χ2n) is 5.69. The van der Waals surface area contributed by atoms with Crippen LogP contribution in [0.25, 0.3) is 0 Å². The molecule has 0 aliphatic carbocycles. The fourth-order valence-corrected chi connectivity index (χ4v) is 1.96. The molecule has 0 bridgehead atoms. The van der Waals surface area contributed by atoms with Crippen molar-refractivity contribution >= 4 is 12.6 Å². The second kappa shape index (κ2) is 4.37. The maximum absolute atomic E-state index is 6.02. The normalized spacial score (nSPS) is 21.6. The van der Waals surface area contributed by atoms with Crippen LogP contribution in [0.2, 0.25) is 0 Å². The van der Waals surface area contributed by atoms with Crippen LogP contribution in [0, 0.1) is 0 Å². The van der Waals surface area contributed by atoms with Crippen LogP contribution in [0.4, 0.5) is 0 Å². The number of methoxy groups -OCH3 is 1. The predicted octanol–water partition coefficient (Wildman–Crippen LogP) is 0.866. The molecule has 0 N–H and O–H groups in total. The number of aryl methyl sites for hydroxylation is 1. The Labute approximate surface area is 109 Å². The van der Waals surface area contributed by atoms with Gasteiger partial charge < -0.3 is 14.0 Å². The number of nitrogens with zero attached hydrogens (tertiary/aromatic N) is 2. The Morgan fingerprint density at radius 3 is 2.33 bits per heavy atom. The van der Waals surface area contributed by atoms with E-state index >= 15 is 0 Å². The van der Waals surface area contributed by atoms with Crippen LogP contribution in [-0.4, -0.2) is 35.2 Å². The smallest absolute Gasteiger partial charge is 0.399 e. The third-order valence-electron chi connectivity index (χ3n) is 3.88. The first-order chi connectivity index (χ1) is 8.28. The fourth-order valence-electron chi connectivity index (χ4n) is 1.96. The number of hydrogen-bond donors (Lipinski definition) is 0. The third kappa shape index (κ3) is 2.09. The van der Waals surface area contributed by atoms with E-state index in [2.05, 4.69) is 5.10 Å². The molecule has 0 aromatic carbocycles. The minimum Gasteiger partial charge on any atom is -0.399 e. The van der Waals surface area contributed by atoms with E-state index in [1.165, 1.54) is 0 Å². The summed E-state index contributed by atoms with van der Waals surface area (Å²) in [6.07, 6.45) is 1.79. The molecule has 0 unspecified atom stereocenters. The zero-order valence-electron chi connectivity index (χ0n) is 12.0. The summed E-state index contributed by atoms with van der Waals surface area (Å²) in [4.78, 5) is 0. The van der Waals surface area contributed by atoms with Gasteiger partial charge in [-0.3, -0.25) is 4.68 Å². The lowest BCUT2D eigenvalue weighted by molar-refractivity contribution is 0.00578. The summed E-state index contributed by atoms with van der Waals surface area (Å²) in [6.45, 7) is 8.66. The van der Waals surface area contributed by atoms with Crippen molar-refractivity contribution in [3.63, 3.8) is 0 Å². The Bertz CT molecular complexity index is 427. The highest BCUT2D eigenvalue weighted by Gasteiger charge is 2.52. The molecule has 0 amide bonds. The number of hydrogen-bond acceptors (Lipinski definition) is 4. The maximum atomic E-state index is 6.02. The van der Waals surface area contributed by atoms with Crippen molar-refractivity contribution in [2.45, 2.75) is 45.5 Å². The zero-order chi connectivity index (χ0) is 13.6. The van der Waals surface area contributed by atoms with E-state index in [-0.39, 0.29) is 18.3 Å². The van der Waals surface area contributed by atoms with E-state index in [1.807, 2.05) is 34.7 Å². The fraction of sp³-hybridized carbons (Fsp3) is 0.750. The Morgan fingerprint density at radius 1 is 1.28 bits per heavy atom. The van der Waals surface area contributed by atoms with Crippen LogP contribution < -0.4 is 5.46 Å². The Balaban J connectivity index is 2.29. The van der Waals surface area contributed by atoms with Gasteiger partial charge in [0.2, 0.25) is 0 Å². The van der Waals surface area contributed by atoms with Crippen LogP contribution in [0.1, 0.15) is 33.4 Å². The quantitative estimate of drug-likeness (QED) is 0.749. The standard InChI is InChI=1S/C12H21BN2O3/c1-11(2)12(3,4)18-13(17-11)9-7-14-15(5)10(9)8-16-6/h7H,8H2,1-6H3. The lowest BCUT2D eigenvalue weighted by Crippen LogP contribution is -2.41. The van der Waals surface area contributed by atoms with E-state index < -0.39 is 0 Å². The molecular weight excluding hydrogens is 231 g/mol. The van der Waals surface area contributed by atoms with Crippen LogP contribution in [0.5, 0.6) is 0 Å². The molecule has 2 heterocycles. The van der Waals surface area contributed by atoms with Gasteiger partial charge in [-0.05, 0) is 27.7 Å². The molecule has 1 aliphatic heterocycles. The van der Waals surface area contributed by atoms with E-state index in [1.54, 1.807) is 18.0 Å². The molecule has 6 heteroatoms. The summed E-state index contributed by atoms with van der Waals surface area (Å²) in [5.74, 6) is 0. The van der Waals surface area contributed by atoms with Crippen molar-refractivity contribution in [1.29, 1.82) is 0 Å². The molecule has 1 saturated heterocycles. The monoisotopic (exact) mass is 252 g/mol. The van der Waals surface area contributed by atoms with Gasteiger partial charge in [0, 0.05) is 25.8 Å². The number of rotatable bonds is 3. The summed E-state index contributed by atoms with van der Waals surface area (Å²) in [5, 5.41) is 4.25. The maximum Gasteiger partial charge on any atom is 0.498 e. The van der Waals surface area contributed by atoms with Crippen LogP contribution in [0.15, 0.2) is 6.20 Å². The molecule has 0 saturated carbocycles. The summed E-state index contributed by atoms with van der Waals surface area (Å²) in [6, 6.07) is 0. The minimum absolute atomic E-state index is 0.335.